The largest absolute Gasteiger partial charge is 0.396 e. The molecule has 0 atom stereocenters. The van der Waals surface area contributed by atoms with Crippen molar-refractivity contribution in [1.29, 1.82) is 0 Å². The van der Waals surface area contributed by atoms with Crippen LogP contribution in [0.4, 0.5) is 0 Å². The Morgan fingerprint density at radius 3 is 2.53 bits per heavy atom. The van der Waals surface area contributed by atoms with Crippen LogP contribution in [0.5, 0.6) is 0 Å². The summed E-state index contributed by atoms with van der Waals surface area (Å²) >= 11 is 0. The van der Waals surface area contributed by atoms with E-state index in [4.69, 9.17) is 9.84 Å². The fourth-order valence-corrected chi connectivity index (χ4v) is 1.88. The number of likely N-dealkylation sites (tertiary alicyclic amines) is 1. The number of hydrogen-bond donors (Lipinski definition) is 1. The quantitative estimate of drug-likeness (QED) is 0.754. The summed E-state index contributed by atoms with van der Waals surface area (Å²) in [6, 6.07) is 0. The average molecular weight is 215 g/mol. The fraction of sp³-hybridized carbons (Fsp3) is 0.909. The second-order valence-electron chi connectivity index (χ2n) is 4.24. The fourth-order valence-electron chi connectivity index (χ4n) is 1.88. The summed E-state index contributed by atoms with van der Waals surface area (Å²) in [7, 11) is 0. The van der Waals surface area contributed by atoms with E-state index < -0.39 is 0 Å². The Bertz CT molecular complexity index is 198. The summed E-state index contributed by atoms with van der Waals surface area (Å²) in [4.78, 5) is 13.3. The monoisotopic (exact) mass is 215 g/mol. The molecule has 88 valence electrons. The molecule has 1 saturated heterocycles. The number of aliphatic hydroxyl groups is 1. The predicted molar refractivity (Wildman–Crippen MR) is 57.5 cm³/mol. The van der Waals surface area contributed by atoms with Crippen molar-refractivity contribution >= 4 is 5.91 Å². The molecule has 1 N–H and O–H groups in total. The third-order valence-electron chi connectivity index (χ3n) is 2.58. The van der Waals surface area contributed by atoms with Gasteiger partial charge in [0.05, 0.1) is 18.8 Å². The van der Waals surface area contributed by atoms with Gasteiger partial charge in [0.25, 0.3) is 0 Å². The summed E-state index contributed by atoms with van der Waals surface area (Å²) in [6.45, 7) is 5.53. The van der Waals surface area contributed by atoms with Crippen molar-refractivity contribution in [2.24, 2.45) is 0 Å². The lowest BCUT2D eigenvalue weighted by Gasteiger charge is -2.32. The van der Waals surface area contributed by atoms with Crippen molar-refractivity contribution < 1.29 is 14.6 Å². The van der Waals surface area contributed by atoms with Gasteiger partial charge in [0, 0.05) is 19.5 Å². The van der Waals surface area contributed by atoms with Crippen molar-refractivity contribution in [1.82, 2.24) is 4.90 Å². The van der Waals surface area contributed by atoms with E-state index in [-0.39, 0.29) is 25.0 Å². The SMILES string of the molecule is CC(C)OC1CCN(C(=O)CCO)CC1. The van der Waals surface area contributed by atoms with Crippen molar-refractivity contribution in [2.75, 3.05) is 19.7 Å². The molecule has 4 nitrogen and oxygen atoms in total. The highest BCUT2D eigenvalue weighted by atomic mass is 16.5. The van der Waals surface area contributed by atoms with E-state index in [0.717, 1.165) is 25.9 Å². The van der Waals surface area contributed by atoms with Gasteiger partial charge in [-0.05, 0) is 26.7 Å². The van der Waals surface area contributed by atoms with E-state index in [1.807, 2.05) is 18.7 Å². The molecule has 1 amide bonds. The zero-order valence-corrected chi connectivity index (χ0v) is 9.61. The van der Waals surface area contributed by atoms with Crippen LogP contribution < -0.4 is 0 Å². The molecule has 1 heterocycles. The minimum atomic E-state index is -0.0543. The number of hydrogen-bond acceptors (Lipinski definition) is 3. The molecule has 1 aliphatic rings. The third-order valence-corrected chi connectivity index (χ3v) is 2.58. The number of ether oxygens (including phenoxy) is 1. The van der Waals surface area contributed by atoms with Crippen LogP contribution in [-0.4, -0.2) is 47.8 Å². The van der Waals surface area contributed by atoms with Gasteiger partial charge in [-0.2, -0.15) is 0 Å². The topological polar surface area (TPSA) is 49.8 Å². The van der Waals surface area contributed by atoms with Gasteiger partial charge >= 0.3 is 0 Å². The van der Waals surface area contributed by atoms with E-state index in [1.54, 1.807) is 0 Å². The molecule has 1 rings (SSSR count). The van der Waals surface area contributed by atoms with Crippen LogP contribution in [0.1, 0.15) is 33.1 Å². The molecule has 0 unspecified atom stereocenters. The minimum absolute atomic E-state index is 0.0543. The van der Waals surface area contributed by atoms with Gasteiger partial charge < -0.3 is 14.7 Å². The van der Waals surface area contributed by atoms with Crippen molar-refractivity contribution in [2.45, 2.75) is 45.3 Å². The van der Waals surface area contributed by atoms with E-state index in [1.165, 1.54) is 0 Å². The highest BCUT2D eigenvalue weighted by Gasteiger charge is 2.23. The molecule has 0 aromatic heterocycles. The zero-order valence-electron chi connectivity index (χ0n) is 9.61. The first-order chi connectivity index (χ1) is 7.13. The molecule has 0 aliphatic carbocycles. The first kappa shape index (κ1) is 12.5. The summed E-state index contributed by atoms with van der Waals surface area (Å²) in [6.07, 6.45) is 2.62. The molecular weight excluding hydrogens is 194 g/mol. The van der Waals surface area contributed by atoms with Crippen molar-refractivity contribution in [3.05, 3.63) is 0 Å². The molecule has 0 aromatic carbocycles. The number of rotatable bonds is 4. The maximum absolute atomic E-state index is 11.5. The normalized spacial score (nSPS) is 18.5. The number of nitrogens with zero attached hydrogens (tertiary/aromatic N) is 1. The van der Waals surface area contributed by atoms with Crippen LogP contribution in [0.25, 0.3) is 0 Å². The molecule has 4 heteroatoms. The van der Waals surface area contributed by atoms with Crippen LogP contribution >= 0.6 is 0 Å². The van der Waals surface area contributed by atoms with Gasteiger partial charge in [-0.3, -0.25) is 4.79 Å². The lowest BCUT2D eigenvalue weighted by atomic mass is 10.1. The summed E-state index contributed by atoms with van der Waals surface area (Å²) in [5, 5.41) is 8.67. The number of carbonyl (C=O) groups is 1. The maximum Gasteiger partial charge on any atom is 0.224 e. The zero-order chi connectivity index (χ0) is 11.3. The maximum atomic E-state index is 11.5. The van der Waals surface area contributed by atoms with Crippen LogP contribution in [0.3, 0.4) is 0 Å². The number of piperidine rings is 1. The molecule has 0 radical (unpaired) electrons. The van der Waals surface area contributed by atoms with Gasteiger partial charge in [0.15, 0.2) is 0 Å². The highest BCUT2D eigenvalue weighted by Crippen LogP contribution is 2.15. The van der Waals surface area contributed by atoms with Crippen molar-refractivity contribution in [3.8, 4) is 0 Å². The minimum Gasteiger partial charge on any atom is -0.396 e. The molecule has 0 spiro atoms. The molecule has 0 saturated carbocycles. The molecule has 0 bridgehead atoms. The van der Waals surface area contributed by atoms with Gasteiger partial charge in [0.2, 0.25) is 5.91 Å². The molecule has 15 heavy (non-hydrogen) atoms. The Hall–Kier alpha value is -0.610. The lowest BCUT2D eigenvalue weighted by molar-refractivity contribution is -0.135. The summed E-state index contributed by atoms with van der Waals surface area (Å²) in [5.41, 5.74) is 0. The number of carbonyl (C=O) groups excluding carboxylic acids is 1. The standard InChI is InChI=1S/C11H21NO3/c1-9(2)15-10-3-6-12(7-4-10)11(14)5-8-13/h9-10,13H,3-8H2,1-2H3. The molecule has 1 fully saturated rings. The van der Waals surface area contributed by atoms with Crippen LogP contribution in [-0.2, 0) is 9.53 Å². The van der Waals surface area contributed by atoms with Gasteiger partial charge in [-0.1, -0.05) is 0 Å². The highest BCUT2D eigenvalue weighted by molar-refractivity contribution is 5.76. The van der Waals surface area contributed by atoms with Crippen LogP contribution in [0.2, 0.25) is 0 Å². The predicted octanol–water partition coefficient (Wildman–Crippen LogP) is 0.785. The summed E-state index contributed by atoms with van der Waals surface area (Å²) < 4.78 is 5.69. The second-order valence-corrected chi connectivity index (χ2v) is 4.24. The van der Waals surface area contributed by atoms with Gasteiger partial charge in [0.1, 0.15) is 0 Å². The Labute approximate surface area is 91.2 Å². The summed E-state index contributed by atoms with van der Waals surface area (Å²) in [5.74, 6) is 0.0560. The molecule has 1 aliphatic heterocycles. The van der Waals surface area contributed by atoms with Gasteiger partial charge in [-0.25, -0.2) is 0 Å². The smallest absolute Gasteiger partial charge is 0.224 e. The van der Waals surface area contributed by atoms with E-state index in [9.17, 15) is 4.79 Å². The van der Waals surface area contributed by atoms with Gasteiger partial charge in [-0.15, -0.1) is 0 Å². The van der Waals surface area contributed by atoms with E-state index >= 15 is 0 Å². The Balaban J connectivity index is 2.26. The Morgan fingerprint density at radius 1 is 1.47 bits per heavy atom. The average Bonchev–Trinajstić information content (AvgIpc) is 2.18. The first-order valence-corrected chi connectivity index (χ1v) is 5.67. The first-order valence-electron chi connectivity index (χ1n) is 5.67. The van der Waals surface area contributed by atoms with E-state index in [0.29, 0.717) is 6.10 Å². The number of amides is 1. The lowest BCUT2D eigenvalue weighted by Crippen LogP contribution is -2.41. The van der Waals surface area contributed by atoms with Crippen LogP contribution in [0.15, 0.2) is 0 Å². The third kappa shape index (κ3) is 4.18. The Kier molecular flexibility index (Phi) is 5.05. The van der Waals surface area contributed by atoms with Crippen LogP contribution in [0, 0.1) is 0 Å². The second kappa shape index (κ2) is 6.08. The number of aliphatic hydroxyl groups excluding tert-OH is 1. The molecule has 0 aromatic rings. The molecular formula is C11H21NO3. The Morgan fingerprint density at radius 2 is 2.07 bits per heavy atom. The van der Waals surface area contributed by atoms with E-state index in [2.05, 4.69) is 0 Å². The van der Waals surface area contributed by atoms with Crippen molar-refractivity contribution in [3.63, 3.8) is 0 Å².